The Morgan fingerprint density at radius 2 is 2.20 bits per heavy atom. The van der Waals surface area contributed by atoms with E-state index < -0.39 is 0 Å². The number of thiophene rings is 1. The van der Waals surface area contributed by atoms with Gasteiger partial charge in [-0.15, -0.1) is 11.3 Å². The minimum Gasteiger partial charge on any atom is -0.133 e. The molecule has 1 heterocycles. The Bertz CT molecular complexity index is 225. The third kappa shape index (κ3) is 1.15. The molecule has 0 saturated heterocycles. The lowest BCUT2D eigenvalue weighted by atomic mass is 9.84. The molecule has 0 aromatic carbocycles. The first-order chi connectivity index (χ1) is 4.86. The molecule has 0 spiro atoms. The Morgan fingerprint density at radius 3 is 2.60 bits per heavy atom. The molecule has 2 heteroatoms. The van der Waals surface area contributed by atoms with E-state index in [1.165, 1.54) is 23.0 Å². The van der Waals surface area contributed by atoms with Gasteiger partial charge < -0.3 is 0 Å². The van der Waals surface area contributed by atoms with Crippen molar-refractivity contribution in [1.82, 2.24) is 0 Å². The highest BCUT2D eigenvalue weighted by molar-refractivity contribution is 9.11. The standard InChI is InChI=1S/C8H9BrS/c9-8-5-4-7(10-8)6-2-1-3-6/h4-6H,1-3H2. The van der Waals surface area contributed by atoms with Crippen LogP contribution < -0.4 is 0 Å². The van der Waals surface area contributed by atoms with Gasteiger partial charge in [-0.25, -0.2) is 0 Å². The van der Waals surface area contributed by atoms with Crippen LogP contribution in [0.25, 0.3) is 0 Å². The van der Waals surface area contributed by atoms with Crippen LogP contribution in [-0.2, 0) is 0 Å². The van der Waals surface area contributed by atoms with Crippen LogP contribution in [0.15, 0.2) is 15.9 Å². The molecule has 0 atom stereocenters. The fraction of sp³-hybridized carbons (Fsp3) is 0.500. The maximum absolute atomic E-state index is 3.47. The van der Waals surface area contributed by atoms with Crippen LogP contribution in [0.5, 0.6) is 0 Å². The van der Waals surface area contributed by atoms with Crippen LogP contribution in [0.4, 0.5) is 0 Å². The van der Waals surface area contributed by atoms with Crippen LogP contribution in [0, 0.1) is 0 Å². The minimum absolute atomic E-state index is 0.899. The summed E-state index contributed by atoms with van der Waals surface area (Å²) < 4.78 is 1.27. The number of halogens is 1. The summed E-state index contributed by atoms with van der Waals surface area (Å²) in [6.45, 7) is 0. The summed E-state index contributed by atoms with van der Waals surface area (Å²) in [7, 11) is 0. The molecule has 1 fully saturated rings. The molecule has 1 aromatic rings. The molecule has 0 aliphatic heterocycles. The second-order valence-corrected chi connectivity index (χ2v) is 5.26. The van der Waals surface area contributed by atoms with Gasteiger partial charge in [-0.3, -0.25) is 0 Å². The zero-order valence-electron chi connectivity index (χ0n) is 5.64. The van der Waals surface area contributed by atoms with Gasteiger partial charge in [0, 0.05) is 4.88 Å². The molecule has 0 amide bonds. The average Bonchev–Trinajstić information content (AvgIpc) is 2.10. The molecule has 2 rings (SSSR count). The number of hydrogen-bond acceptors (Lipinski definition) is 1. The summed E-state index contributed by atoms with van der Waals surface area (Å²) in [6, 6.07) is 4.40. The van der Waals surface area contributed by atoms with Crippen molar-refractivity contribution in [3.05, 3.63) is 20.8 Å². The average molecular weight is 217 g/mol. The van der Waals surface area contributed by atoms with Crippen molar-refractivity contribution in [2.24, 2.45) is 0 Å². The first-order valence-electron chi connectivity index (χ1n) is 3.61. The summed E-state index contributed by atoms with van der Waals surface area (Å²) in [4.78, 5) is 1.57. The number of rotatable bonds is 1. The molecule has 0 radical (unpaired) electrons. The quantitative estimate of drug-likeness (QED) is 0.671. The van der Waals surface area contributed by atoms with Crippen molar-refractivity contribution < 1.29 is 0 Å². The summed E-state index contributed by atoms with van der Waals surface area (Å²) in [6.07, 6.45) is 4.25. The van der Waals surface area contributed by atoms with E-state index in [0.717, 1.165) is 5.92 Å². The Balaban J connectivity index is 2.17. The predicted molar refractivity (Wildman–Crippen MR) is 48.6 cm³/mol. The molecule has 0 nitrogen and oxygen atoms in total. The molecule has 0 unspecified atom stereocenters. The predicted octanol–water partition coefficient (Wildman–Crippen LogP) is 3.78. The zero-order valence-corrected chi connectivity index (χ0v) is 8.04. The molecule has 0 bridgehead atoms. The van der Waals surface area contributed by atoms with Crippen molar-refractivity contribution in [3.63, 3.8) is 0 Å². The molecule has 1 aliphatic carbocycles. The van der Waals surface area contributed by atoms with Crippen molar-refractivity contribution in [2.45, 2.75) is 25.2 Å². The molecule has 54 valence electrons. The lowest BCUT2D eigenvalue weighted by molar-refractivity contribution is 0.426. The fourth-order valence-electron chi connectivity index (χ4n) is 1.24. The second-order valence-electron chi connectivity index (χ2n) is 2.77. The Labute approximate surface area is 73.4 Å². The highest BCUT2D eigenvalue weighted by Crippen LogP contribution is 2.40. The van der Waals surface area contributed by atoms with Crippen molar-refractivity contribution in [3.8, 4) is 0 Å². The molecule has 1 aromatic heterocycles. The fourth-order valence-corrected chi connectivity index (χ4v) is 2.83. The Hall–Kier alpha value is 0.180. The van der Waals surface area contributed by atoms with Crippen LogP contribution in [-0.4, -0.2) is 0 Å². The van der Waals surface area contributed by atoms with Gasteiger partial charge in [0.1, 0.15) is 0 Å². The minimum atomic E-state index is 0.899. The van der Waals surface area contributed by atoms with Gasteiger partial charge >= 0.3 is 0 Å². The first kappa shape index (κ1) is 6.86. The van der Waals surface area contributed by atoms with Crippen molar-refractivity contribution in [1.29, 1.82) is 0 Å². The molecule has 0 N–H and O–H groups in total. The monoisotopic (exact) mass is 216 g/mol. The van der Waals surface area contributed by atoms with Gasteiger partial charge in [0.2, 0.25) is 0 Å². The van der Waals surface area contributed by atoms with Crippen LogP contribution in [0.3, 0.4) is 0 Å². The van der Waals surface area contributed by atoms with E-state index in [9.17, 15) is 0 Å². The molecular weight excluding hydrogens is 208 g/mol. The van der Waals surface area contributed by atoms with Gasteiger partial charge in [0.05, 0.1) is 3.79 Å². The van der Waals surface area contributed by atoms with E-state index in [4.69, 9.17) is 0 Å². The van der Waals surface area contributed by atoms with Gasteiger partial charge in [-0.1, -0.05) is 6.42 Å². The molecular formula is C8H9BrS. The van der Waals surface area contributed by atoms with Gasteiger partial charge in [0.15, 0.2) is 0 Å². The second kappa shape index (κ2) is 2.67. The van der Waals surface area contributed by atoms with E-state index in [2.05, 4.69) is 28.1 Å². The van der Waals surface area contributed by atoms with Gasteiger partial charge in [-0.2, -0.15) is 0 Å². The highest BCUT2D eigenvalue weighted by atomic mass is 79.9. The van der Waals surface area contributed by atoms with E-state index in [-0.39, 0.29) is 0 Å². The first-order valence-corrected chi connectivity index (χ1v) is 5.22. The topological polar surface area (TPSA) is 0 Å². The van der Waals surface area contributed by atoms with E-state index >= 15 is 0 Å². The third-order valence-electron chi connectivity index (χ3n) is 2.10. The Morgan fingerprint density at radius 1 is 1.40 bits per heavy atom. The summed E-state index contributed by atoms with van der Waals surface area (Å²) in [5.74, 6) is 0.899. The number of hydrogen-bond donors (Lipinski definition) is 0. The van der Waals surface area contributed by atoms with Crippen molar-refractivity contribution >= 4 is 27.3 Å². The van der Waals surface area contributed by atoms with E-state index in [1.807, 2.05) is 11.3 Å². The normalized spacial score (nSPS) is 18.9. The van der Waals surface area contributed by atoms with E-state index in [1.54, 1.807) is 4.88 Å². The molecule has 1 aliphatic rings. The van der Waals surface area contributed by atoms with Gasteiger partial charge in [0.25, 0.3) is 0 Å². The van der Waals surface area contributed by atoms with Gasteiger partial charge in [-0.05, 0) is 46.8 Å². The summed E-state index contributed by atoms with van der Waals surface area (Å²) in [5.41, 5.74) is 0. The van der Waals surface area contributed by atoms with Crippen molar-refractivity contribution in [2.75, 3.05) is 0 Å². The lowest BCUT2D eigenvalue weighted by Gasteiger charge is -2.23. The zero-order chi connectivity index (χ0) is 6.97. The lowest BCUT2D eigenvalue weighted by Crippen LogP contribution is -2.06. The molecule has 1 saturated carbocycles. The van der Waals surface area contributed by atoms with Crippen LogP contribution >= 0.6 is 27.3 Å². The van der Waals surface area contributed by atoms with E-state index in [0.29, 0.717) is 0 Å². The molecule has 10 heavy (non-hydrogen) atoms. The summed E-state index contributed by atoms with van der Waals surface area (Å²) in [5, 5.41) is 0. The third-order valence-corrected chi connectivity index (χ3v) is 3.89. The largest absolute Gasteiger partial charge is 0.133 e. The SMILES string of the molecule is Brc1ccc(C2CCC2)s1. The smallest absolute Gasteiger partial charge is 0.0701 e. The van der Waals surface area contributed by atoms with Crippen LogP contribution in [0.1, 0.15) is 30.1 Å². The highest BCUT2D eigenvalue weighted by Gasteiger charge is 2.20. The van der Waals surface area contributed by atoms with Crippen LogP contribution in [0.2, 0.25) is 0 Å². The Kier molecular flexibility index (Phi) is 1.83. The maximum Gasteiger partial charge on any atom is 0.0701 e. The maximum atomic E-state index is 3.47. The summed E-state index contributed by atoms with van der Waals surface area (Å²) >= 11 is 5.36.